The smallest absolute Gasteiger partial charge is 0.163 e. The van der Waals surface area contributed by atoms with Gasteiger partial charge in [0.05, 0.1) is 11.0 Å². The van der Waals surface area contributed by atoms with Crippen molar-refractivity contribution in [3.05, 3.63) is 36.5 Å². The monoisotopic (exact) mass is 324 g/mol. The van der Waals surface area contributed by atoms with E-state index in [1.165, 1.54) is 0 Å². The second kappa shape index (κ2) is 5.49. The van der Waals surface area contributed by atoms with Crippen LogP contribution in [-0.4, -0.2) is 33.3 Å². The van der Waals surface area contributed by atoms with Gasteiger partial charge in [0, 0.05) is 30.4 Å². The molecule has 6 heteroatoms. The van der Waals surface area contributed by atoms with Crippen LogP contribution < -0.4 is 15.2 Å². The van der Waals surface area contributed by atoms with Crippen LogP contribution in [0.5, 0.6) is 11.5 Å². The van der Waals surface area contributed by atoms with Gasteiger partial charge in [0.2, 0.25) is 0 Å². The summed E-state index contributed by atoms with van der Waals surface area (Å²) in [6.07, 6.45) is 1.77. The van der Waals surface area contributed by atoms with E-state index in [4.69, 9.17) is 20.2 Å². The van der Waals surface area contributed by atoms with Crippen LogP contribution in [-0.2, 0) is 6.54 Å². The van der Waals surface area contributed by atoms with E-state index in [2.05, 4.69) is 9.55 Å². The highest BCUT2D eigenvalue weighted by Crippen LogP contribution is 2.36. The van der Waals surface area contributed by atoms with Crippen LogP contribution in [0.15, 0.2) is 36.5 Å². The Labute approximate surface area is 140 Å². The maximum Gasteiger partial charge on any atom is 0.163 e. The number of hydrogen-bond donors (Lipinski definition) is 1. The summed E-state index contributed by atoms with van der Waals surface area (Å²) in [5.74, 6) is 2.28. The molecule has 0 fully saturated rings. The Hall–Kier alpha value is -2.60. The van der Waals surface area contributed by atoms with E-state index in [9.17, 15) is 0 Å². The molecule has 0 atom stereocenters. The Morgan fingerprint density at radius 3 is 2.58 bits per heavy atom. The fourth-order valence-electron chi connectivity index (χ4n) is 2.92. The Balaban J connectivity index is 1.95. The lowest BCUT2D eigenvalue weighted by Gasteiger charge is -2.22. The van der Waals surface area contributed by atoms with Gasteiger partial charge in [-0.2, -0.15) is 0 Å². The molecule has 2 aromatic heterocycles. The molecule has 1 aliphatic heterocycles. The van der Waals surface area contributed by atoms with Crippen LogP contribution >= 0.6 is 0 Å². The number of benzene rings is 1. The largest absolute Gasteiger partial charge is 0.486 e. The van der Waals surface area contributed by atoms with Crippen molar-refractivity contribution >= 4 is 11.0 Å². The van der Waals surface area contributed by atoms with E-state index in [-0.39, 0.29) is 5.54 Å². The zero-order valence-electron chi connectivity index (χ0n) is 13.8. The van der Waals surface area contributed by atoms with Crippen molar-refractivity contribution < 1.29 is 9.47 Å². The van der Waals surface area contributed by atoms with Crippen LogP contribution in [0.4, 0.5) is 0 Å². The Kier molecular flexibility index (Phi) is 3.42. The molecular weight excluding hydrogens is 304 g/mol. The van der Waals surface area contributed by atoms with Gasteiger partial charge < -0.3 is 19.8 Å². The molecule has 1 aromatic carbocycles. The summed E-state index contributed by atoms with van der Waals surface area (Å²) in [6.45, 7) is 5.73. The summed E-state index contributed by atoms with van der Waals surface area (Å²) in [7, 11) is 0. The molecule has 6 nitrogen and oxygen atoms in total. The van der Waals surface area contributed by atoms with E-state index in [0.29, 0.717) is 19.8 Å². The molecular formula is C18H20N4O2. The van der Waals surface area contributed by atoms with Crippen LogP contribution in [0, 0.1) is 0 Å². The third kappa shape index (κ3) is 2.69. The van der Waals surface area contributed by atoms with E-state index in [1.54, 1.807) is 6.20 Å². The predicted molar refractivity (Wildman–Crippen MR) is 92.2 cm³/mol. The van der Waals surface area contributed by atoms with Crippen molar-refractivity contribution in [2.75, 3.05) is 13.2 Å². The maximum absolute atomic E-state index is 6.28. The number of pyridine rings is 1. The van der Waals surface area contributed by atoms with Gasteiger partial charge in [-0.05, 0) is 26.0 Å². The molecule has 0 spiro atoms. The third-order valence-electron chi connectivity index (χ3n) is 3.87. The lowest BCUT2D eigenvalue weighted by atomic mass is 10.1. The summed E-state index contributed by atoms with van der Waals surface area (Å²) >= 11 is 0. The molecule has 0 unspecified atom stereocenters. The molecule has 124 valence electrons. The highest BCUT2D eigenvalue weighted by molar-refractivity contribution is 5.84. The van der Waals surface area contributed by atoms with Crippen molar-refractivity contribution in [1.82, 2.24) is 14.5 Å². The number of fused-ring (bicyclic) bond motifs is 2. The lowest BCUT2D eigenvalue weighted by molar-refractivity contribution is 0.172. The zero-order chi connectivity index (χ0) is 16.7. The van der Waals surface area contributed by atoms with E-state index < -0.39 is 0 Å². The average molecular weight is 324 g/mol. The molecule has 24 heavy (non-hydrogen) atoms. The fraction of sp³-hybridized carbons (Fsp3) is 0.333. The number of imidazole rings is 1. The van der Waals surface area contributed by atoms with Gasteiger partial charge in [-0.15, -0.1) is 0 Å². The minimum absolute atomic E-state index is 0.385. The Morgan fingerprint density at radius 2 is 1.92 bits per heavy atom. The van der Waals surface area contributed by atoms with E-state index in [1.807, 2.05) is 44.2 Å². The normalized spacial score (nSPS) is 14.1. The van der Waals surface area contributed by atoms with Gasteiger partial charge in [0.15, 0.2) is 17.3 Å². The number of hydrogen-bond acceptors (Lipinski definition) is 5. The molecule has 3 aromatic rings. The van der Waals surface area contributed by atoms with Gasteiger partial charge in [0.25, 0.3) is 0 Å². The molecule has 0 saturated heterocycles. The number of nitrogens with zero attached hydrogens (tertiary/aromatic N) is 3. The summed E-state index contributed by atoms with van der Waals surface area (Å²) in [4.78, 5) is 9.23. The maximum atomic E-state index is 6.28. The second-order valence-corrected chi connectivity index (χ2v) is 6.71. The average Bonchev–Trinajstić information content (AvgIpc) is 2.89. The van der Waals surface area contributed by atoms with Crippen LogP contribution in [0.2, 0.25) is 0 Å². The molecule has 0 aliphatic carbocycles. The predicted octanol–water partition coefficient (Wildman–Crippen LogP) is 2.61. The minimum Gasteiger partial charge on any atom is -0.486 e. The van der Waals surface area contributed by atoms with Crippen LogP contribution in [0.25, 0.3) is 22.6 Å². The molecule has 0 amide bonds. The fourth-order valence-corrected chi connectivity index (χ4v) is 2.92. The summed E-state index contributed by atoms with van der Waals surface area (Å²) < 4.78 is 13.5. The molecule has 4 rings (SSSR count). The number of nitrogens with two attached hydrogens (primary N) is 1. The van der Waals surface area contributed by atoms with Crippen molar-refractivity contribution in [3.8, 4) is 23.0 Å². The highest BCUT2D eigenvalue weighted by Gasteiger charge is 2.22. The molecule has 0 radical (unpaired) electrons. The van der Waals surface area contributed by atoms with Crippen molar-refractivity contribution in [2.45, 2.75) is 25.9 Å². The highest BCUT2D eigenvalue weighted by atomic mass is 16.6. The summed E-state index contributed by atoms with van der Waals surface area (Å²) in [6, 6.07) is 9.71. The van der Waals surface area contributed by atoms with Crippen LogP contribution in [0.1, 0.15) is 13.8 Å². The molecule has 0 saturated carbocycles. The number of ether oxygens (including phenoxy) is 2. The lowest BCUT2D eigenvalue weighted by Crippen LogP contribution is -2.37. The third-order valence-corrected chi connectivity index (χ3v) is 3.87. The topological polar surface area (TPSA) is 75.2 Å². The zero-order valence-corrected chi connectivity index (χ0v) is 13.8. The molecule has 2 N–H and O–H groups in total. The number of aromatic nitrogens is 3. The molecule has 3 heterocycles. The van der Waals surface area contributed by atoms with Crippen LogP contribution in [0.3, 0.4) is 0 Å². The van der Waals surface area contributed by atoms with Gasteiger partial charge >= 0.3 is 0 Å². The van der Waals surface area contributed by atoms with Crippen molar-refractivity contribution in [2.24, 2.45) is 5.73 Å². The van der Waals surface area contributed by atoms with E-state index in [0.717, 1.165) is 34.1 Å². The minimum atomic E-state index is -0.385. The van der Waals surface area contributed by atoms with Gasteiger partial charge in [-0.25, -0.2) is 4.98 Å². The first kappa shape index (κ1) is 15.0. The molecule has 1 aliphatic rings. The Bertz CT molecular complexity index is 881. The second-order valence-electron chi connectivity index (χ2n) is 6.71. The Morgan fingerprint density at radius 1 is 1.17 bits per heavy atom. The first-order valence-electron chi connectivity index (χ1n) is 8.01. The first-order chi connectivity index (χ1) is 11.5. The standard InChI is InChI=1S/C18H20N4O2/c1-18(2,19)11-22-14-10-16-15(23-7-8-24-16)9-13(14)21-17(22)12-5-3-4-6-20-12/h3-6,9-10H,7-8,11,19H2,1-2H3. The van der Waals surface area contributed by atoms with Crippen molar-refractivity contribution in [3.63, 3.8) is 0 Å². The SMILES string of the molecule is CC(C)(N)Cn1c(-c2ccccn2)nc2cc3c(cc21)OCCO3. The van der Waals surface area contributed by atoms with Crippen molar-refractivity contribution in [1.29, 1.82) is 0 Å². The molecule has 0 bridgehead atoms. The summed E-state index contributed by atoms with van der Waals surface area (Å²) in [5, 5.41) is 0. The first-order valence-corrected chi connectivity index (χ1v) is 8.01. The quantitative estimate of drug-likeness (QED) is 0.801. The van der Waals surface area contributed by atoms with Gasteiger partial charge in [-0.1, -0.05) is 6.07 Å². The van der Waals surface area contributed by atoms with E-state index >= 15 is 0 Å². The van der Waals surface area contributed by atoms with Gasteiger partial charge in [0.1, 0.15) is 18.9 Å². The number of rotatable bonds is 3. The summed E-state index contributed by atoms with van der Waals surface area (Å²) in [5.41, 5.74) is 8.53. The van der Waals surface area contributed by atoms with Gasteiger partial charge in [-0.3, -0.25) is 4.98 Å².